The third-order valence-electron chi connectivity index (χ3n) is 4.04. The summed E-state index contributed by atoms with van der Waals surface area (Å²) in [5, 5.41) is 12.6. The minimum absolute atomic E-state index is 0.298. The Morgan fingerprint density at radius 3 is 2.75 bits per heavy atom. The van der Waals surface area contributed by atoms with E-state index in [9.17, 15) is 4.79 Å². The lowest BCUT2D eigenvalue weighted by molar-refractivity contribution is 0.0599. The van der Waals surface area contributed by atoms with E-state index in [1.54, 1.807) is 13.0 Å². The van der Waals surface area contributed by atoms with Crippen molar-refractivity contribution in [2.24, 2.45) is 5.92 Å². The first-order valence-electron chi connectivity index (χ1n) is 7.16. The molecule has 1 heterocycles. The molecule has 2 rings (SSSR count). The highest BCUT2D eigenvalue weighted by Crippen LogP contribution is 2.24. The number of nitrogens with one attached hydrogen (secondary N) is 1. The second-order valence-corrected chi connectivity index (χ2v) is 5.46. The van der Waals surface area contributed by atoms with Gasteiger partial charge in [0, 0.05) is 12.6 Å². The van der Waals surface area contributed by atoms with Gasteiger partial charge >= 0.3 is 5.97 Å². The highest BCUT2D eigenvalue weighted by Gasteiger charge is 2.21. The molecule has 0 atom stereocenters. The summed E-state index contributed by atoms with van der Waals surface area (Å²) in [6.45, 7) is 2.68. The van der Waals surface area contributed by atoms with E-state index in [-0.39, 0.29) is 5.97 Å². The molecule has 0 aliphatic heterocycles. The number of methoxy groups -OCH3 is 1. The Kier molecular flexibility index (Phi) is 5.20. The smallest absolute Gasteiger partial charge is 0.341 e. The van der Waals surface area contributed by atoms with Crippen molar-refractivity contribution in [2.75, 3.05) is 13.7 Å². The van der Waals surface area contributed by atoms with E-state index >= 15 is 0 Å². The summed E-state index contributed by atoms with van der Waals surface area (Å²) in [4.78, 5) is 11.5. The van der Waals surface area contributed by atoms with Gasteiger partial charge in [-0.15, -0.1) is 0 Å². The van der Waals surface area contributed by atoms with Gasteiger partial charge in [0.25, 0.3) is 0 Å². The summed E-state index contributed by atoms with van der Waals surface area (Å²) < 4.78 is 10.3. The topological polar surface area (TPSA) is 71.7 Å². The van der Waals surface area contributed by atoms with Crippen LogP contribution in [0.5, 0.6) is 0 Å². The van der Waals surface area contributed by atoms with Gasteiger partial charge in [0.1, 0.15) is 17.1 Å². The average Bonchev–Trinajstić information content (AvgIpc) is 2.86. The zero-order chi connectivity index (χ0) is 14.5. The Morgan fingerprint density at radius 1 is 1.45 bits per heavy atom. The first kappa shape index (κ1) is 15.1. The van der Waals surface area contributed by atoms with Gasteiger partial charge in [0.15, 0.2) is 0 Å². The summed E-state index contributed by atoms with van der Waals surface area (Å²) in [5.74, 6) is 1.45. The van der Waals surface area contributed by atoms with Gasteiger partial charge in [0.2, 0.25) is 0 Å². The number of carbonyl (C=O) groups is 1. The third kappa shape index (κ3) is 3.61. The number of rotatable bonds is 5. The lowest BCUT2D eigenvalue weighted by Crippen LogP contribution is -2.33. The van der Waals surface area contributed by atoms with Gasteiger partial charge in [-0.05, 0) is 44.6 Å². The summed E-state index contributed by atoms with van der Waals surface area (Å²) in [5.41, 5.74) is 0.494. The van der Waals surface area contributed by atoms with Gasteiger partial charge < -0.3 is 19.6 Å². The van der Waals surface area contributed by atoms with E-state index in [2.05, 4.69) is 5.32 Å². The van der Waals surface area contributed by atoms with E-state index in [4.69, 9.17) is 14.3 Å². The van der Waals surface area contributed by atoms with Crippen LogP contribution >= 0.6 is 0 Å². The average molecular weight is 281 g/mol. The zero-order valence-electron chi connectivity index (χ0n) is 12.1. The molecule has 5 nitrogen and oxygen atoms in total. The van der Waals surface area contributed by atoms with Gasteiger partial charge in [-0.3, -0.25) is 0 Å². The van der Waals surface area contributed by atoms with E-state index in [0.29, 0.717) is 36.4 Å². The first-order chi connectivity index (χ1) is 9.63. The molecule has 1 aliphatic carbocycles. The molecular formula is C15H23NO4. The lowest BCUT2D eigenvalue weighted by atomic mass is 9.86. The van der Waals surface area contributed by atoms with Crippen molar-refractivity contribution in [3.63, 3.8) is 0 Å². The molecule has 2 N–H and O–H groups in total. The molecule has 1 fully saturated rings. The zero-order valence-corrected chi connectivity index (χ0v) is 12.1. The molecule has 5 heteroatoms. The fourth-order valence-electron chi connectivity index (χ4n) is 2.74. The van der Waals surface area contributed by atoms with Crippen LogP contribution < -0.4 is 5.32 Å². The molecular weight excluding hydrogens is 258 g/mol. The summed E-state index contributed by atoms with van der Waals surface area (Å²) in [7, 11) is 1.37. The number of carbonyl (C=O) groups excluding carboxylic acids is 1. The normalized spacial score (nSPS) is 22.8. The maximum absolute atomic E-state index is 11.5. The van der Waals surface area contributed by atoms with Gasteiger partial charge in [0.05, 0.1) is 13.7 Å². The highest BCUT2D eigenvalue weighted by molar-refractivity contribution is 5.90. The van der Waals surface area contributed by atoms with Crippen LogP contribution in [-0.4, -0.2) is 30.8 Å². The second-order valence-electron chi connectivity index (χ2n) is 5.46. The number of aliphatic hydroxyl groups is 1. The van der Waals surface area contributed by atoms with E-state index < -0.39 is 0 Å². The van der Waals surface area contributed by atoms with Crippen molar-refractivity contribution in [2.45, 2.75) is 45.2 Å². The van der Waals surface area contributed by atoms with Crippen LogP contribution in [0, 0.1) is 12.8 Å². The third-order valence-corrected chi connectivity index (χ3v) is 4.04. The molecule has 1 aliphatic rings. The lowest BCUT2D eigenvalue weighted by Gasteiger charge is -2.27. The quantitative estimate of drug-likeness (QED) is 0.808. The number of aryl methyl sites for hydroxylation is 1. The fourth-order valence-corrected chi connectivity index (χ4v) is 2.74. The standard InChI is InChI=1S/C15H23NO4/c1-10-14(15(18)19-2)7-13(20-10)8-16-12-5-3-11(9-17)4-6-12/h7,11-12,16-17H,3-6,8-9H2,1-2H3. The van der Waals surface area contributed by atoms with Gasteiger partial charge in [-0.1, -0.05) is 0 Å². The Balaban J connectivity index is 1.84. The number of esters is 1. The molecule has 0 amide bonds. The van der Waals surface area contributed by atoms with Crippen molar-refractivity contribution < 1.29 is 19.1 Å². The van der Waals surface area contributed by atoms with Crippen molar-refractivity contribution >= 4 is 5.97 Å². The predicted molar refractivity (Wildman–Crippen MR) is 74.5 cm³/mol. The van der Waals surface area contributed by atoms with Crippen LogP contribution in [0.4, 0.5) is 0 Å². The minimum Gasteiger partial charge on any atom is -0.465 e. The predicted octanol–water partition coefficient (Wildman–Crippen LogP) is 2.02. The van der Waals surface area contributed by atoms with Crippen LogP contribution in [0.1, 0.15) is 47.6 Å². The Morgan fingerprint density at radius 2 is 2.15 bits per heavy atom. The summed E-state index contributed by atoms with van der Waals surface area (Å²) in [6.07, 6.45) is 4.29. The summed E-state index contributed by atoms with van der Waals surface area (Å²) >= 11 is 0. The number of ether oxygens (including phenoxy) is 1. The number of furan rings is 1. The Labute approximate surface area is 119 Å². The molecule has 1 aromatic rings. The minimum atomic E-state index is -0.360. The summed E-state index contributed by atoms with van der Waals surface area (Å²) in [6, 6.07) is 2.21. The molecule has 0 saturated heterocycles. The molecule has 0 radical (unpaired) electrons. The van der Waals surface area contributed by atoms with E-state index in [1.807, 2.05) is 0 Å². The Hall–Kier alpha value is -1.33. The molecule has 1 aromatic heterocycles. The molecule has 1 saturated carbocycles. The van der Waals surface area contributed by atoms with Crippen molar-refractivity contribution in [1.82, 2.24) is 5.32 Å². The van der Waals surface area contributed by atoms with Crippen LogP contribution in [0.15, 0.2) is 10.5 Å². The van der Waals surface area contributed by atoms with Crippen molar-refractivity contribution in [3.05, 3.63) is 23.2 Å². The van der Waals surface area contributed by atoms with Gasteiger partial charge in [-0.2, -0.15) is 0 Å². The van der Waals surface area contributed by atoms with Crippen molar-refractivity contribution in [1.29, 1.82) is 0 Å². The van der Waals surface area contributed by atoms with Crippen LogP contribution in [-0.2, 0) is 11.3 Å². The molecule has 20 heavy (non-hydrogen) atoms. The first-order valence-corrected chi connectivity index (χ1v) is 7.16. The number of hydrogen-bond acceptors (Lipinski definition) is 5. The highest BCUT2D eigenvalue weighted by atomic mass is 16.5. The van der Waals surface area contributed by atoms with Crippen LogP contribution in [0.3, 0.4) is 0 Å². The molecule has 0 aromatic carbocycles. The van der Waals surface area contributed by atoms with Gasteiger partial charge in [-0.25, -0.2) is 4.79 Å². The number of hydrogen-bond donors (Lipinski definition) is 2. The fraction of sp³-hybridized carbons (Fsp3) is 0.667. The largest absolute Gasteiger partial charge is 0.465 e. The maximum atomic E-state index is 11.5. The Bertz CT molecular complexity index is 447. The monoisotopic (exact) mass is 281 g/mol. The molecule has 0 spiro atoms. The van der Waals surface area contributed by atoms with E-state index in [0.717, 1.165) is 31.4 Å². The van der Waals surface area contributed by atoms with E-state index in [1.165, 1.54) is 7.11 Å². The van der Waals surface area contributed by atoms with Crippen LogP contribution in [0.2, 0.25) is 0 Å². The van der Waals surface area contributed by atoms with Crippen molar-refractivity contribution in [3.8, 4) is 0 Å². The SMILES string of the molecule is COC(=O)c1cc(CNC2CCC(CO)CC2)oc1C. The maximum Gasteiger partial charge on any atom is 0.341 e. The second kappa shape index (κ2) is 6.90. The molecule has 0 unspecified atom stereocenters. The van der Waals surface area contributed by atoms with Crippen LogP contribution in [0.25, 0.3) is 0 Å². The molecule has 112 valence electrons. The molecule has 0 bridgehead atoms. The number of aliphatic hydroxyl groups excluding tert-OH is 1.